The minimum Gasteiger partial charge on any atom is -0.391 e. The number of aliphatic hydroxyl groups excluding tert-OH is 6. The van der Waals surface area contributed by atoms with Crippen molar-refractivity contribution in [2.75, 3.05) is 6.61 Å². The van der Waals surface area contributed by atoms with Crippen molar-refractivity contribution in [2.45, 2.75) is 345 Å². The average Bonchev–Trinajstić information content (AvgIpc) is 3.33. The van der Waals surface area contributed by atoms with E-state index >= 15 is 0 Å². The molecule has 412 valence electrons. The summed E-state index contributed by atoms with van der Waals surface area (Å²) in [5, 5.41) is 64.3. The van der Waals surface area contributed by atoms with Gasteiger partial charge in [0, 0.05) is 6.42 Å². The van der Waals surface area contributed by atoms with E-state index in [-0.39, 0.29) is 12.3 Å². The highest BCUT2D eigenvalue weighted by Crippen LogP contribution is 2.47. The van der Waals surface area contributed by atoms with Gasteiger partial charge in [-0.2, -0.15) is 0 Å². The van der Waals surface area contributed by atoms with Crippen molar-refractivity contribution in [3.63, 3.8) is 0 Å². The molecule has 6 unspecified atom stereocenters. The van der Waals surface area contributed by atoms with Crippen LogP contribution in [0.2, 0.25) is 0 Å². The van der Waals surface area contributed by atoms with E-state index in [2.05, 4.69) is 19.2 Å². The summed E-state index contributed by atoms with van der Waals surface area (Å²) in [5.41, 5.74) is 0. The van der Waals surface area contributed by atoms with Crippen molar-refractivity contribution in [3.8, 4) is 0 Å². The number of unbranched alkanes of at least 4 members (excludes halogenated alkanes) is 40. The molecule has 69 heavy (non-hydrogen) atoms. The maximum Gasteiger partial charge on any atom is 0.472 e. The molecule has 13 heteroatoms. The van der Waals surface area contributed by atoms with Gasteiger partial charge in [-0.1, -0.05) is 277 Å². The van der Waals surface area contributed by atoms with Gasteiger partial charge in [-0.05, 0) is 12.8 Å². The molecule has 8 N–H and O–H groups in total. The molecule has 0 saturated heterocycles. The first-order valence-corrected chi connectivity index (χ1v) is 31.0. The van der Waals surface area contributed by atoms with E-state index in [1.54, 1.807) is 0 Å². The Bertz CT molecular complexity index is 1170. The molecule has 1 aliphatic carbocycles. The van der Waals surface area contributed by atoms with Crippen molar-refractivity contribution in [1.29, 1.82) is 0 Å². The van der Waals surface area contributed by atoms with Crippen LogP contribution in [0, 0.1) is 0 Å². The number of rotatable bonds is 51. The molecule has 1 amide bonds. The highest BCUT2D eigenvalue weighted by Gasteiger charge is 2.51. The minimum atomic E-state index is -5.05. The Kier molecular flexibility index (Phi) is 44.2. The molecule has 1 saturated carbocycles. The Morgan fingerprint density at radius 1 is 0.435 bits per heavy atom. The summed E-state index contributed by atoms with van der Waals surface area (Å²) in [6.07, 6.45) is 41.7. The lowest BCUT2D eigenvalue weighted by atomic mass is 9.85. The zero-order valence-electron chi connectivity index (χ0n) is 44.6. The summed E-state index contributed by atoms with van der Waals surface area (Å²) < 4.78 is 23.1. The Morgan fingerprint density at radius 3 is 1.00 bits per heavy atom. The third-order valence-corrected chi connectivity index (χ3v) is 15.7. The number of carbonyl (C=O) groups excluding carboxylic acids is 1. The third-order valence-electron chi connectivity index (χ3n) is 14.7. The van der Waals surface area contributed by atoms with Gasteiger partial charge >= 0.3 is 7.82 Å². The van der Waals surface area contributed by atoms with Crippen LogP contribution in [0.5, 0.6) is 0 Å². The van der Waals surface area contributed by atoms with Gasteiger partial charge in [-0.15, -0.1) is 0 Å². The number of amides is 1. The van der Waals surface area contributed by atoms with Gasteiger partial charge < -0.3 is 40.8 Å². The van der Waals surface area contributed by atoms with Crippen LogP contribution in [0.1, 0.15) is 296 Å². The van der Waals surface area contributed by atoms with E-state index in [4.69, 9.17) is 9.05 Å². The first kappa shape index (κ1) is 66.4. The van der Waals surface area contributed by atoms with Crippen LogP contribution in [0.3, 0.4) is 0 Å². The molecule has 0 aromatic heterocycles. The fourth-order valence-corrected chi connectivity index (χ4v) is 10.9. The second-order valence-electron chi connectivity index (χ2n) is 21.2. The molecule has 0 aliphatic heterocycles. The third kappa shape index (κ3) is 36.8. The number of aliphatic hydroxyl groups is 6. The summed E-state index contributed by atoms with van der Waals surface area (Å²) in [7, 11) is -5.05. The van der Waals surface area contributed by atoms with Gasteiger partial charge in [0.2, 0.25) is 5.91 Å². The molecule has 0 bridgehead atoms. The maximum atomic E-state index is 13.0. The molecule has 0 aromatic rings. The van der Waals surface area contributed by atoms with E-state index < -0.39 is 63.2 Å². The smallest absolute Gasteiger partial charge is 0.391 e. The first-order chi connectivity index (χ1) is 33.4. The Morgan fingerprint density at radius 2 is 0.696 bits per heavy atom. The fourth-order valence-electron chi connectivity index (χ4n) is 9.91. The number of carbonyl (C=O) groups is 1. The number of hydrogen-bond acceptors (Lipinski definition) is 10. The predicted molar refractivity (Wildman–Crippen MR) is 283 cm³/mol. The number of phosphoric ester groups is 1. The molecule has 0 aromatic carbocycles. The van der Waals surface area contributed by atoms with Gasteiger partial charge in [0.15, 0.2) is 0 Å². The lowest BCUT2D eigenvalue weighted by molar-refractivity contribution is -0.220. The Hall–Kier alpha value is -0.660. The van der Waals surface area contributed by atoms with E-state index in [9.17, 15) is 44.9 Å². The molecule has 1 aliphatic rings. The van der Waals surface area contributed by atoms with Crippen LogP contribution in [-0.2, 0) is 18.4 Å². The molecule has 1 fully saturated rings. The SMILES string of the molecule is CCCCCCCCCCCCCCCCCCCCCCCCCCCCCCCCC(=O)N[C@@H](COP(=O)(O)OC1C(O)C(O)C(O)[C@@H](O)C1O)[C@H](O)CCCCCCCCCCCCCC. The predicted octanol–water partition coefficient (Wildman–Crippen LogP) is 13.4. The highest BCUT2D eigenvalue weighted by molar-refractivity contribution is 7.47. The van der Waals surface area contributed by atoms with E-state index in [1.165, 1.54) is 218 Å². The summed E-state index contributed by atoms with van der Waals surface area (Å²) >= 11 is 0. The molecule has 0 radical (unpaired) electrons. The van der Waals surface area contributed by atoms with Gasteiger partial charge in [0.1, 0.15) is 36.6 Å². The molecule has 1 rings (SSSR count). The summed E-state index contributed by atoms with van der Waals surface area (Å²) in [5.74, 6) is -0.301. The first-order valence-electron chi connectivity index (χ1n) is 29.5. The van der Waals surface area contributed by atoms with Gasteiger partial charge in [-0.25, -0.2) is 4.57 Å². The Balaban J connectivity index is 2.20. The topological polar surface area (TPSA) is 206 Å². The van der Waals surface area contributed by atoms with E-state index in [1.807, 2.05) is 0 Å². The van der Waals surface area contributed by atoms with E-state index in [0.717, 1.165) is 38.5 Å². The van der Waals surface area contributed by atoms with Gasteiger partial charge in [0.05, 0.1) is 18.8 Å². The largest absolute Gasteiger partial charge is 0.472 e. The lowest BCUT2D eigenvalue weighted by Crippen LogP contribution is -2.64. The minimum absolute atomic E-state index is 0.243. The van der Waals surface area contributed by atoms with Crippen LogP contribution in [-0.4, -0.2) is 96.8 Å². The quantitative estimate of drug-likeness (QED) is 0.0213. The second-order valence-corrected chi connectivity index (χ2v) is 22.6. The summed E-state index contributed by atoms with van der Waals surface area (Å²) in [6, 6.07) is -1.03. The van der Waals surface area contributed by atoms with Gasteiger partial charge in [0.25, 0.3) is 0 Å². The standard InChI is InChI=1S/C56H112NO11P/c1-3-5-7-9-11-13-15-17-18-19-20-21-22-23-24-25-26-27-28-29-30-31-32-33-34-36-38-40-42-44-46-50(59)57-48(49(58)45-43-41-39-37-35-16-14-12-10-8-6-4-2)47-67-69(65,66)68-56-54(63)52(61)51(60)53(62)55(56)64/h48-49,51-56,58,60-64H,3-47H2,1-2H3,(H,57,59)(H,65,66)/t48-,49+,51?,52+,53?,54?,55?,56?/m0/s1. The number of hydrogen-bond donors (Lipinski definition) is 8. The van der Waals surface area contributed by atoms with Crippen LogP contribution in [0.25, 0.3) is 0 Å². The van der Waals surface area contributed by atoms with Crippen LogP contribution < -0.4 is 5.32 Å². The van der Waals surface area contributed by atoms with Crippen molar-refractivity contribution in [1.82, 2.24) is 5.32 Å². The Labute approximate surface area is 423 Å². The number of phosphoric acid groups is 1. The van der Waals surface area contributed by atoms with Crippen LogP contribution in [0.4, 0.5) is 0 Å². The van der Waals surface area contributed by atoms with Crippen LogP contribution in [0.15, 0.2) is 0 Å². The lowest BCUT2D eigenvalue weighted by Gasteiger charge is -2.41. The van der Waals surface area contributed by atoms with Gasteiger partial charge in [-0.3, -0.25) is 13.8 Å². The maximum absolute atomic E-state index is 13.0. The molecule has 0 heterocycles. The fraction of sp³-hybridized carbons (Fsp3) is 0.982. The monoisotopic (exact) mass is 1010 g/mol. The number of nitrogens with one attached hydrogen (secondary N) is 1. The zero-order chi connectivity index (χ0) is 50.6. The molecular weight excluding hydrogens is 894 g/mol. The molecule has 9 atom stereocenters. The highest BCUT2D eigenvalue weighted by atomic mass is 31.2. The van der Waals surface area contributed by atoms with Crippen molar-refractivity contribution >= 4 is 13.7 Å². The van der Waals surface area contributed by atoms with E-state index in [0.29, 0.717) is 19.3 Å². The summed E-state index contributed by atoms with van der Waals surface area (Å²) in [6.45, 7) is 3.92. The van der Waals surface area contributed by atoms with Crippen molar-refractivity contribution in [3.05, 3.63) is 0 Å². The molecule has 12 nitrogen and oxygen atoms in total. The summed E-state index contributed by atoms with van der Waals surface area (Å²) in [4.78, 5) is 23.5. The van der Waals surface area contributed by atoms with Crippen molar-refractivity contribution in [2.24, 2.45) is 0 Å². The van der Waals surface area contributed by atoms with Crippen molar-refractivity contribution < 1.29 is 53.9 Å². The second kappa shape index (κ2) is 45.9. The normalized spacial score (nSPS) is 21.3. The average molecular weight is 1010 g/mol. The molecule has 0 spiro atoms. The molecular formula is C56H112NO11P. The van der Waals surface area contributed by atoms with Crippen LogP contribution >= 0.6 is 7.82 Å². The zero-order valence-corrected chi connectivity index (χ0v) is 45.5.